The Hall–Kier alpha value is -0.600. The van der Waals surface area contributed by atoms with Gasteiger partial charge in [-0.1, -0.05) is 41.5 Å². The Labute approximate surface area is 387 Å². The first kappa shape index (κ1) is 58.5. The Morgan fingerprint density at radius 3 is 1.05 bits per heavy atom. The van der Waals surface area contributed by atoms with Crippen LogP contribution in [-0.2, 0) is 14.2 Å². The van der Waals surface area contributed by atoms with Gasteiger partial charge in [0, 0.05) is 124 Å². The standard InChI is InChI=1S/C48H103N9O6/c1-7-14-50-22-21-49(12-6)19-13-20-55(32-29-52(16-9-3)26-23-50)43-47(59)45-57(35-37-61-39-41-63-42-40-62-38-36-58)46-48(60)44-56-33-30-53(17-10-4)27-24-51(15-8-2)25-28-54(18-11-5)31-34-56/h47-48,58-60H,7-46H2,1-6H3. The molecule has 0 aromatic carbocycles. The molecule has 0 radical (unpaired) electrons. The van der Waals surface area contributed by atoms with Gasteiger partial charge in [0.15, 0.2) is 0 Å². The van der Waals surface area contributed by atoms with Gasteiger partial charge in [0.1, 0.15) is 0 Å². The molecule has 63 heavy (non-hydrogen) atoms. The molecule has 2 rings (SSSR count). The topological polar surface area (TPSA) is 118 Å². The van der Waals surface area contributed by atoms with Crippen molar-refractivity contribution in [3.8, 4) is 0 Å². The van der Waals surface area contributed by atoms with E-state index in [1.807, 2.05) is 0 Å². The quantitative estimate of drug-likeness (QED) is 0.0913. The van der Waals surface area contributed by atoms with Crippen LogP contribution in [0.25, 0.3) is 0 Å². The van der Waals surface area contributed by atoms with Gasteiger partial charge in [0.2, 0.25) is 0 Å². The second-order valence-corrected chi connectivity index (χ2v) is 18.2. The predicted octanol–water partition coefficient (Wildman–Crippen LogP) is 1.96. The third-order valence-corrected chi connectivity index (χ3v) is 12.6. The Bertz CT molecular complexity index is 992. The van der Waals surface area contributed by atoms with Crippen LogP contribution in [0.3, 0.4) is 0 Å². The summed E-state index contributed by atoms with van der Waals surface area (Å²) in [6, 6.07) is 0. The molecule has 2 atom stereocenters. The summed E-state index contributed by atoms with van der Waals surface area (Å²) in [5.74, 6) is 0. The monoisotopic (exact) mass is 902 g/mol. The fraction of sp³-hybridized carbons (Fsp3) is 1.00. The number of ether oxygens (including phenoxy) is 3. The van der Waals surface area contributed by atoms with E-state index in [1.165, 1.54) is 12.8 Å². The predicted molar refractivity (Wildman–Crippen MR) is 261 cm³/mol. The summed E-state index contributed by atoms with van der Waals surface area (Å²) in [5.41, 5.74) is 0. The average molecular weight is 902 g/mol. The molecule has 0 saturated carbocycles. The van der Waals surface area contributed by atoms with Crippen molar-refractivity contribution in [3.05, 3.63) is 0 Å². The van der Waals surface area contributed by atoms with Crippen molar-refractivity contribution in [1.29, 1.82) is 0 Å². The van der Waals surface area contributed by atoms with Gasteiger partial charge in [-0.3, -0.25) is 14.7 Å². The Morgan fingerprint density at radius 1 is 0.397 bits per heavy atom. The number of aliphatic hydroxyl groups excluding tert-OH is 3. The van der Waals surface area contributed by atoms with E-state index < -0.39 is 12.2 Å². The molecule has 0 aliphatic carbocycles. The van der Waals surface area contributed by atoms with E-state index in [2.05, 4.69) is 85.6 Å². The lowest BCUT2D eigenvalue weighted by Gasteiger charge is -2.35. The van der Waals surface area contributed by atoms with E-state index in [0.29, 0.717) is 72.4 Å². The zero-order valence-corrected chi connectivity index (χ0v) is 42.0. The van der Waals surface area contributed by atoms with Gasteiger partial charge in [0.25, 0.3) is 0 Å². The first-order valence-corrected chi connectivity index (χ1v) is 26.0. The Morgan fingerprint density at radius 2 is 0.698 bits per heavy atom. The lowest BCUT2D eigenvalue weighted by atomic mass is 10.2. The van der Waals surface area contributed by atoms with Crippen molar-refractivity contribution < 1.29 is 29.5 Å². The van der Waals surface area contributed by atoms with E-state index in [4.69, 9.17) is 19.3 Å². The van der Waals surface area contributed by atoms with Crippen LogP contribution < -0.4 is 0 Å². The first-order chi connectivity index (χ1) is 30.8. The van der Waals surface area contributed by atoms with E-state index in [9.17, 15) is 10.2 Å². The summed E-state index contributed by atoms with van der Waals surface area (Å²) in [5, 5.41) is 32.6. The minimum atomic E-state index is -0.549. The number of nitrogens with zero attached hydrogens (tertiary/aromatic N) is 9. The van der Waals surface area contributed by atoms with Crippen molar-refractivity contribution >= 4 is 0 Å². The highest BCUT2D eigenvalue weighted by Gasteiger charge is 2.23. The van der Waals surface area contributed by atoms with Crippen LogP contribution in [-0.4, -0.2) is 295 Å². The van der Waals surface area contributed by atoms with Gasteiger partial charge in [-0.25, -0.2) is 0 Å². The summed E-state index contributed by atoms with van der Waals surface area (Å²) in [7, 11) is 0. The molecule has 3 N–H and O–H groups in total. The summed E-state index contributed by atoms with van der Waals surface area (Å²) >= 11 is 0. The lowest BCUT2D eigenvalue weighted by molar-refractivity contribution is -0.00459. The molecule has 2 fully saturated rings. The smallest absolute Gasteiger partial charge is 0.0793 e. The minimum Gasteiger partial charge on any atom is -0.394 e. The van der Waals surface area contributed by atoms with Gasteiger partial charge >= 0.3 is 0 Å². The highest BCUT2D eigenvalue weighted by molar-refractivity contribution is 4.78. The van der Waals surface area contributed by atoms with Crippen molar-refractivity contribution in [2.45, 2.75) is 92.3 Å². The van der Waals surface area contributed by atoms with Crippen molar-refractivity contribution in [1.82, 2.24) is 44.1 Å². The molecule has 2 unspecified atom stereocenters. The molecule has 15 nitrogen and oxygen atoms in total. The summed E-state index contributed by atoms with van der Waals surface area (Å²) in [4.78, 5) is 23.0. The maximum atomic E-state index is 11.9. The number of aliphatic hydroxyl groups is 3. The molecule has 0 amide bonds. The zero-order valence-electron chi connectivity index (χ0n) is 42.0. The fourth-order valence-electron chi connectivity index (χ4n) is 9.14. The summed E-state index contributed by atoms with van der Waals surface area (Å²) in [6.07, 6.45) is 5.82. The molecule has 2 heterocycles. The van der Waals surface area contributed by atoms with Crippen LogP contribution in [0, 0.1) is 0 Å². The van der Waals surface area contributed by atoms with Crippen LogP contribution in [0.15, 0.2) is 0 Å². The van der Waals surface area contributed by atoms with Crippen molar-refractivity contribution in [2.75, 3.05) is 223 Å². The second-order valence-electron chi connectivity index (χ2n) is 18.2. The minimum absolute atomic E-state index is 0.0136. The molecule has 376 valence electrons. The molecule has 0 aromatic rings. The number of hydrogen-bond acceptors (Lipinski definition) is 15. The molecule has 2 saturated heterocycles. The second kappa shape index (κ2) is 39.4. The van der Waals surface area contributed by atoms with Gasteiger partial charge in [-0.15, -0.1) is 0 Å². The number of β-amino-alcohol motifs (C(OH)–C–C–N with tert-alkyl or cyclic N) is 2. The van der Waals surface area contributed by atoms with Gasteiger partial charge < -0.3 is 58.9 Å². The van der Waals surface area contributed by atoms with Crippen LogP contribution in [0.4, 0.5) is 0 Å². The maximum absolute atomic E-state index is 11.9. The Balaban J connectivity index is 2.15. The largest absolute Gasteiger partial charge is 0.394 e. The van der Waals surface area contributed by atoms with Crippen LogP contribution >= 0.6 is 0 Å². The third kappa shape index (κ3) is 29.7. The number of rotatable bonds is 30. The normalized spacial score (nSPS) is 20.9. The van der Waals surface area contributed by atoms with E-state index >= 15 is 0 Å². The molecule has 0 spiro atoms. The molecule has 2 aliphatic heterocycles. The van der Waals surface area contributed by atoms with Crippen molar-refractivity contribution in [2.24, 2.45) is 0 Å². The van der Waals surface area contributed by atoms with E-state index in [0.717, 1.165) is 170 Å². The maximum Gasteiger partial charge on any atom is 0.0793 e. The first-order valence-electron chi connectivity index (χ1n) is 26.0. The van der Waals surface area contributed by atoms with E-state index in [-0.39, 0.29) is 6.61 Å². The SMILES string of the molecule is CCCN1CCN(CC)CCCN(CC(O)CN(CCOCCOCCOCCO)CC(O)CN2CCN(CCC)CCN(CCC)CCN(CCC)CC2)CCN(CCC)CC1. The van der Waals surface area contributed by atoms with Crippen LogP contribution in [0.5, 0.6) is 0 Å². The molecule has 0 aromatic heterocycles. The molecule has 15 heteroatoms. The average Bonchev–Trinajstić information content (AvgIpc) is 3.27. The molecule has 2 aliphatic rings. The number of likely N-dealkylation sites (N-methyl/N-ethyl adjacent to an activating group) is 1. The van der Waals surface area contributed by atoms with Gasteiger partial charge in [-0.05, 0) is 90.9 Å². The van der Waals surface area contributed by atoms with Gasteiger partial charge in [0.05, 0.1) is 58.5 Å². The lowest BCUT2D eigenvalue weighted by Crippen LogP contribution is -2.50. The van der Waals surface area contributed by atoms with E-state index in [1.54, 1.807) is 0 Å². The van der Waals surface area contributed by atoms with Crippen LogP contribution in [0.2, 0.25) is 0 Å². The highest BCUT2D eigenvalue weighted by atomic mass is 16.5. The zero-order chi connectivity index (χ0) is 45.8. The Kier molecular flexibility index (Phi) is 36.6. The van der Waals surface area contributed by atoms with Gasteiger partial charge in [-0.2, -0.15) is 0 Å². The number of hydrogen-bond donors (Lipinski definition) is 3. The molecular weight excluding hydrogens is 799 g/mol. The molecule has 0 bridgehead atoms. The summed E-state index contributed by atoms with van der Waals surface area (Å²) < 4.78 is 17.0. The highest BCUT2D eigenvalue weighted by Crippen LogP contribution is 2.08. The van der Waals surface area contributed by atoms with Crippen LogP contribution in [0.1, 0.15) is 80.1 Å². The van der Waals surface area contributed by atoms with Crippen molar-refractivity contribution in [3.63, 3.8) is 0 Å². The molecular formula is C48H103N9O6. The fourth-order valence-corrected chi connectivity index (χ4v) is 9.14. The third-order valence-electron chi connectivity index (χ3n) is 12.6. The summed E-state index contributed by atoms with van der Waals surface area (Å²) in [6.45, 7) is 42.7.